The third kappa shape index (κ3) is 5.67. The van der Waals surface area contributed by atoms with Crippen LogP contribution in [0.3, 0.4) is 0 Å². The van der Waals surface area contributed by atoms with Crippen molar-refractivity contribution in [2.45, 2.75) is 38.9 Å². The Morgan fingerprint density at radius 2 is 2.00 bits per heavy atom. The Morgan fingerprint density at radius 1 is 1.32 bits per heavy atom. The number of guanidine groups is 1. The zero-order chi connectivity index (χ0) is 17.1. The van der Waals surface area contributed by atoms with Crippen molar-refractivity contribution in [3.8, 4) is 0 Å². The number of rotatable bonds is 5. The minimum absolute atomic E-state index is 0. The minimum atomic E-state index is 0. The predicted octanol–water partition coefficient (Wildman–Crippen LogP) is 3.24. The average Bonchev–Trinajstić information content (AvgIpc) is 3.33. The minimum Gasteiger partial charge on any atom is -0.353 e. The number of halogens is 2. The summed E-state index contributed by atoms with van der Waals surface area (Å²) in [5, 5.41) is 11.8. The Morgan fingerprint density at radius 3 is 2.56 bits per heavy atom. The van der Waals surface area contributed by atoms with E-state index in [1.807, 2.05) is 18.5 Å². The zero-order valence-corrected chi connectivity index (χ0v) is 18.7. The van der Waals surface area contributed by atoms with Crippen LogP contribution in [-0.4, -0.2) is 38.7 Å². The molecule has 1 aromatic carbocycles. The van der Waals surface area contributed by atoms with Gasteiger partial charge < -0.3 is 14.8 Å². The van der Waals surface area contributed by atoms with E-state index in [1.165, 1.54) is 18.4 Å². The largest absolute Gasteiger partial charge is 0.353 e. The summed E-state index contributed by atoms with van der Waals surface area (Å²) in [7, 11) is 4.04. The Balaban J connectivity index is 0.00000225. The number of hydrogen-bond donors (Lipinski definition) is 1. The lowest BCUT2D eigenvalue weighted by atomic mass is 10.2. The summed E-state index contributed by atoms with van der Waals surface area (Å²) in [5.74, 6) is 2.70. The number of nitrogens with zero attached hydrogens (tertiary/aromatic N) is 5. The van der Waals surface area contributed by atoms with Gasteiger partial charge in [0.05, 0.1) is 0 Å². The number of benzene rings is 1. The Bertz CT molecular complexity index is 723. The lowest BCUT2D eigenvalue weighted by Crippen LogP contribution is -2.39. The standard InChI is InChI=1S/C17H23BrN6.HI/c1-12-21-22-16(24(12)3)10-19-17(20-15-8-9-15)23(2)11-13-4-6-14(18)7-5-13;/h4-7,15H,8-11H2,1-3H3,(H,19,20);1H. The number of aliphatic imine (C=N–C) groups is 1. The fourth-order valence-corrected chi connectivity index (χ4v) is 2.62. The molecule has 0 unspecified atom stereocenters. The van der Waals surface area contributed by atoms with Crippen LogP contribution in [0.1, 0.15) is 30.1 Å². The molecular formula is C17H24BrIN6. The predicted molar refractivity (Wildman–Crippen MR) is 114 cm³/mol. The number of aryl methyl sites for hydroxylation is 1. The maximum Gasteiger partial charge on any atom is 0.194 e. The second-order valence-electron chi connectivity index (χ2n) is 6.26. The second-order valence-corrected chi connectivity index (χ2v) is 7.18. The molecule has 0 radical (unpaired) electrons. The quantitative estimate of drug-likeness (QED) is 0.375. The van der Waals surface area contributed by atoms with Crippen molar-refractivity contribution in [3.05, 3.63) is 46.0 Å². The topological polar surface area (TPSA) is 58.3 Å². The summed E-state index contributed by atoms with van der Waals surface area (Å²) < 4.78 is 3.07. The lowest BCUT2D eigenvalue weighted by molar-refractivity contribution is 0.473. The molecule has 1 aliphatic rings. The Hall–Kier alpha value is -1.16. The van der Waals surface area contributed by atoms with E-state index in [0.717, 1.165) is 28.6 Å². The van der Waals surface area contributed by atoms with Crippen LogP contribution in [-0.2, 0) is 20.1 Å². The molecule has 0 bridgehead atoms. The molecule has 3 rings (SSSR count). The molecule has 6 nitrogen and oxygen atoms in total. The summed E-state index contributed by atoms with van der Waals surface area (Å²) >= 11 is 3.48. The molecular weight excluding hydrogens is 495 g/mol. The highest BCUT2D eigenvalue weighted by Crippen LogP contribution is 2.19. The summed E-state index contributed by atoms with van der Waals surface area (Å²) in [4.78, 5) is 6.92. The highest BCUT2D eigenvalue weighted by Gasteiger charge is 2.24. The smallest absolute Gasteiger partial charge is 0.194 e. The van der Waals surface area contributed by atoms with Crippen LogP contribution in [0.2, 0.25) is 0 Å². The highest BCUT2D eigenvalue weighted by atomic mass is 127. The van der Waals surface area contributed by atoms with Crippen LogP contribution in [0.4, 0.5) is 0 Å². The van der Waals surface area contributed by atoms with E-state index in [4.69, 9.17) is 4.99 Å². The van der Waals surface area contributed by atoms with Gasteiger partial charge in [-0.15, -0.1) is 34.2 Å². The number of nitrogens with one attached hydrogen (secondary N) is 1. The molecule has 0 amide bonds. The van der Waals surface area contributed by atoms with Gasteiger partial charge in [-0.3, -0.25) is 0 Å². The van der Waals surface area contributed by atoms with E-state index >= 15 is 0 Å². The SMILES string of the molecule is Cc1nnc(CN=C(NC2CC2)N(C)Cc2ccc(Br)cc2)n1C.I. The van der Waals surface area contributed by atoms with Crippen molar-refractivity contribution in [2.75, 3.05) is 7.05 Å². The van der Waals surface area contributed by atoms with Gasteiger partial charge in [-0.2, -0.15) is 0 Å². The van der Waals surface area contributed by atoms with E-state index in [-0.39, 0.29) is 24.0 Å². The zero-order valence-electron chi connectivity index (χ0n) is 14.7. The van der Waals surface area contributed by atoms with Gasteiger partial charge in [0.2, 0.25) is 0 Å². The maximum atomic E-state index is 4.76. The van der Waals surface area contributed by atoms with Gasteiger partial charge in [-0.1, -0.05) is 28.1 Å². The fourth-order valence-electron chi connectivity index (χ4n) is 2.36. The first kappa shape index (κ1) is 20.2. The average molecular weight is 519 g/mol. The molecule has 1 saturated carbocycles. The summed E-state index contributed by atoms with van der Waals surface area (Å²) in [6.07, 6.45) is 2.43. The third-order valence-electron chi connectivity index (χ3n) is 4.16. The molecule has 2 aromatic rings. The van der Waals surface area contributed by atoms with E-state index in [0.29, 0.717) is 12.6 Å². The van der Waals surface area contributed by atoms with Gasteiger partial charge in [0.15, 0.2) is 11.8 Å². The first-order valence-electron chi connectivity index (χ1n) is 8.14. The van der Waals surface area contributed by atoms with Crippen molar-refractivity contribution in [1.82, 2.24) is 25.0 Å². The molecule has 1 aliphatic carbocycles. The summed E-state index contributed by atoms with van der Waals surface area (Å²) in [6.45, 7) is 3.28. The highest BCUT2D eigenvalue weighted by molar-refractivity contribution is 14.0. The van der Waals surface area contributed by atoms with Crippen molar-refractivity contribution < 1.29 is 0 Å². The van der Waals surface area contributed by atoms with Gasteiger partial charge in [-0.25, -0.2) is 4.99 Å². The van der Waals surface area contributed by atoms with Gasteiger partial charge >= 0.3 is 0 Å². The lowest BCUT2D eigenvalue weighted by Gasteiger charge is -2.22. The number of hydrogen-bond acceptors (Lipinski definition) is 3. The molecule has 1 aromatic heterocycles. The molecule has 25 heavy (non-hydrogen) atoms. The van der Waals surface area contributed by atoms with Crippen LogP contribution < -0.4 is 5.32 Å². The first-order valence-corrected chi connectivity index (χ1v) is 8.93. The molecule has 0 aliphatic heterocycles. The van der Waals surface area contributed by atoms with Gasteiger partial charge in [-0.05, 0) is 37.5 Å². The monoisotopic (exact) mass is 518 g/mol. The van der Waals surface area contributed by atoms with Gasteiger partial charge in [0.1, 0.15) is 12.4 Å². The Labute approximate surface area is 174 Å². The van der Waals surface area contributed by atoms with Gasteiger partial charge in [0, 0.05) is 31.2 Å². The third-order valence-corrected chi connectivity index (χ3v) is 4.69. The van der Waals surface area contributed by atoms with Crippen LogP contribution in [0.5, 0.6) is 0 Å². The van der Waals surface area contributed by atoms with Crippen molar-refractivity contribution >= 4 is 45.9 Å². The Kier molecular flexibility index (Phi) is 7.24. The van der Waals surface area contributed by atoms with Crippen LogP contribution in [0, 0.1) is 6.92 Å². The molecule has 0 spiro atoms. The van der Waals surface area contributed by atoms with Gasteiger partial charge in [0.25, 0.3) is 0 Å². The molecule has 1 fully saturated rings. The normalized spacial score (nSPS) is 14.2. The van der Waals surface area contributed by atoms with Crippen LogP contribution >= 0.6 is 39.9 Å². The van der Waals surface area contributed by atoms with Crippen molar-refractivity contribution in [1.29, 1.82) is 0 Å². The fraction of sp³-hybridized carbons (Fsp3) is 0.471. The first-order chi connectivity index (χ1) is 11.5. The summed E-state index contributed by atoms with van der Waals surface area (Å²) in [6, 6.07) is 8.94. The molecule has 8 heteroatoms. The van der Waals surface area contributed by atoms with Crippen LogP contribution in [0.15, 0.2) is 33.7 Å². The second kappa shape index (κ2) is 8.98. The van der Waals surface area contributed by atoms with Crippen molar-refractivity contribution in [3.63, 3.8) is 0 Å². The molecule has 1 heterocycles. The number of aromatic nitrogens is 3. The van der Waals surface area contributed by atoms with E-state index in [9.17, 15) is 0 Å². The van der Waals surface area contributed by atoms with E-state index in [2.05, 4.69) is 67.7 Å². The molecule has 136 valence electrons. The van der Waals surface area contributed by atoms with Crippen molar-refractivity contribution in [2.24, 2.45) is 12.0 Å². The van der Waals surface area contributed by atoms with E-state index in [1.54, 1.807) is 0 Å². The van der Waals surface area contributed by atoms with Crippen LogP contribution in [0.25, 0.3) is 0 Å². The molecule has 1 N–H and O–H groups in total. The summed E-state index contributed by atoms with van der Waals surface area (Å²) in [5.41, 5.74) is 1.25. The molecule has 0 atom stereocenters. The molecule has 0 saturated heterocycles. The maximum absolute atomic E-state index is 4.76. The van der Waals surface area contributed by atoms with E-state index < -0.39 is 0 Å².